The molecular formula is C22H16F3N3O5. The third-order valence-corrected chi connectivity index (χ3v) is 5.06. The van der Waals surface area contributed by atoms with Crippen LogP contribution in [0, 0.1) is 0 Å². The minimum Gasteiger partial charge on any atom is -0.491 e. The zero-order valence-electron chi connectivity index (χ0n) is 16.8. The molecule has 0 bridgehead atoms. The molecule has 4 rings (SSSR count). The number of ether oxygens (including phenoxy) is 2. The van der Waals surface area contributed by atoms with Gasteiger partial charge in [-0.25, -0.2) is 4.79 Å². The van der Waals surface area contributed by atoms with Crippen molar-refractivity contribution in [3.8, 4) is 11.5 Å². The van der Waals surface area contributed by atoms with Crippen molar-refractivity contribution >= 4 is 11.9 Å². The molecule has 170 valence electrons. The van der Waals surface area contributed by atoms with Crippen LogP contribution in [0.1, 0.15) is 38.5 Å². The molecule has 0 radical (unpaired) electrons. The monoisotopic (exact) mass is 459 g/mol. The van der Waals surface area contributed by atoms with Gasteiger partial charge in [-0.2, -0.15) is 0 Å². The number of hydrogen-bond donors (Lipinski definition) is 2. The summed E-state index contributed by atoms with van der Waals surface area (Å²) in [5.41, 5.74) is -0.539. The lowest BCUT2D eigenvalue weighted by atomic mass is 9.81. The summed E-state index contributed by atoms with van der Waals surface area (Å²) < 4.78 is 47.3. The van der Waals surface area contributed by atoms with Crippen LogP contribution in [0.5, 0.6) is 11.5 Å². The molecule has 2 aromatic heterocycles. The molecule has 0 aliphatic carbocycles. The van der Waals surface area contributed by atoms with Gasteiger partial charge < -0.3 is 19.9 Å². The van der Waals surface area contributed by atoms with Gasteiger partial charge in [0.25, 0.3) is 5.91 Å². The first kappa shape index (κ1) is 22.1. The minimum atomic E-state index is -4.84. The molecule has 3 heterocycles. The van der Waals surface area contributed by atoms with E-state index in [4.69, 9.17) is 9.84 Å². The zero-order chi connectivity index (χ0) is 23.6. The highest BCUT2D eigenvalue weighted by Gasteiger charge is 2.43. The Balaban J connectivity index is 1.74. The lowest BCUT2D eigenvalue weighted by Gasteiger charge is -2.38. The number of carboxylic acid groups (broad SMARTS) is 1. The number of carbonyl (C=O) groups excluding carboxylic acids is 1. The topological polar surface area (TPSA) is 111 Å². The van der Waals surface area contributed by atoms with Crippen LogP contribution >= 0.6 is 0 Å². The summed E-state index contributed by atoms with van der Waals surface area (Å²) in [7, 11) is 0. The fraction of sp³-hybridized carbons (Fsp3) is 0.182. The Labute approximate surface area is 185 Å². The fourth-order valence-corrected chi connectivity index (χ4v) is 3.59. The highest BCUT2D eigenvalue weighted by molar-refractivity contribution is 5.94. The number of pyridine rings is 2. The summed E-state index contributed by atoms with van der Waals surface area (Å²) >= 11 is 0. The normalized spacial score (nSPS) is 17.4. The highest BCUT2D eigenvalue weighted by atomic mass is 19.4. The number of hydrogen-bond acceptors (Lipinski definition) is 6. The quantitative estimate of drug-likeness (QED) is 0.601. The van der Waals surface area contributed by atoms with Crippen molar-refractivity contribution in [2.75, 3.05) is 6.61 Å². The molecule has 0 saturated carbocycles. The van der Waals surface area contributed by atoms with Gasteiger partial charge in [0.05, 0.1) is 12.2 Å². The summed E-state index contributed by atoms with van der Waals surface area (Å²) in [5, 5.41) is 11.9. The van der Waals surface area contributed by atoms with Crippen LogP contribution in [-0.2, 0) is 5.54 Å². The van der Waals surface area contributed by atoms with Crippen molar-refractivity contribution < 1.29 is 37.3 Å². The Kier molecular flexibility index (Phi) is 5.62. The summed E-state index contributed by atoms with van der Waals surface area (Å²) in [6.07, 6.45) is -2.04. The molecule has 1 aromatic carbocycles. The van der Waals surface area contributed by atoms with Gasteiger partial charge in [-0.15, -0.1) is 13.2 Å². The van der Waals surface area contributed by atoms with Gasteiger partial charge in [0.1, 0.15) is 28.4 Å². The van der Waals surface area contributed by atoms with Gasteiger partial charge in [-0.05, 0) is 42.0 Å². The van der Waals surface area contributed by atoms with Crippen LogP contribution < -0.4 is 14.8 Å². The summed E-state index contributed by atoms with van der Waals surface area (Å²) in [4.78, 5) is 32.4. The van der Waals surface area contributed by atoms with Crippen molar-refractivity contribution in [2.45, 2.75) is 18.3 Å². The summed E-state index contributed by atoms with van der Waals surface area (Å²) in [6, 6.07) is 11.0. The lowest BCUT2D eigenvalue weighted by Crippen LogP contribution is -2.50. The average molecular weight is 459 g/mol. The third-order valence-electron chi connectivity index (χ3n) is 5.06. The molecule has 3 aromatic rings. The number of carbonyl (C=O) groups is 2. The SMILES string of the molecule is O=C(O)c1ccc(C(=O)N[C@]2(c3ccc(OC(F)(F)F)cc3)CCOc3cccnc32)nc1. The number of nitrogens with one attached hydrogen (secondary N) is 1. The summed E-state index contributed by atoms with van der Waals surface area (Å²) in [5.74, 6) is -1.81. The first-order valence-electron chi connectivity index (χ1n) is 9.64. The number of benzene rings is 1. The molecular weight excluding hydrogens is 443 g/mol. The molecule has 0 fully saturated rings. The molecule has 8 nitrogen and oxygen atoms in total. The minimum absolute atomic E-state index is 0.0413. The molecule has 0 spiro atoms. The van der Waals surface area contributed by atoms with E-state index >= 15 is 0 Å². The molecule has 2 N–H and O–H groups in total. The first-order valence-corrected chi connectivity index (χ1v) is 9.64. The van der Waals surface area contributed by atoms with Crippen molar-refractivity contribution in [1.29, 1.82) is 0 Å². The van der Waals surface area contributed by atoms with E-state index in [1.54, 1.807) is 12.1 Å². The number of alkyl halides is 3. The number of rotatable bonds is 5. The van der Waals surface area contributed by atoms with E-state index in [-0.39, 0.29) is 24.3 Å². The second kappa shape index (κ2) is 8.41. The van der Waals surface area contributed by atoms with Crippen LogP contribution in [0.4, 0.5) is 13.2 Å². The van der Waals surface area contributed by atoms with E-state index in [1.165, 1.54) is 30.5 Å². The van der Waals surface area contributed by atoms with Crippen LogP contribution in [0.15, 0.2) is 60.9 Å². The number of halogens is 3. The zero-order valence-corrected chi connectivity index (χ0v) is 16.8. The van der Waals surface area contributed by atoms with Gasteiger partial charge >= 0.3 is 12.3 Å². The predicted octanol–water partition coefficient (Wildman–Crippen LogP) is 3.53. The van der Waals surface area contributed by atoms with Crippen molar-refractivity contribution in [2.24, 2.45) is 0 Å². The second-order valence-electron chi connectivity index (χ2n) is 7.12. The third kappa shape index (κ3) is 4.56. The predicted molar refractivity (Wildman–Crippen MR) is 107 cm³/mol. The fourth-order valence-electron chi connectivity index (χ4n) is 3.59. The number of aromatic nitrogens is 2. The van der Waals surface area contributed by atoms with Gasteiger partial charge in [0.2, 0.25) is 0 Å². The number of fused-ring (bicyclic) bond motifs is 1. The maximum absolute atomic E-state index is 13.1. The van der Waals surface area contributed by atoms with Crippen molar-refractivity contribution in [3.63, 3.8) is 0 Å². The standard InChI is InChI=1S/C22H16F3N3O5/c23-22(24,25)33-15-6-4-14(5-7-15)21(9-11-32-17-2-1-10-26-18(17)21)28-19(29)16-8-3-13(12-27-16)20(30)31/h1-8,10,12H,9,11H2,(H,28,29)(H,30,31)/t21-/m0/s1. The molecule has 11 heteroatoms. The Morgan fingerprint density at radius 1 is 1.09 bits per heavy atom. The van der Waals surface area contributed by atoms with Crippen LogP contribution in [0.2, 0.25) is 0 Å². The molecule has 33 heavy (non-hydrogen) atoms. The second-order valence-corrected chi connectivity index (χ2v) is 7.12. The number of carboxylic acids is 1. The lowest BCUT2D eigenvalue weighted by molar-refractivity contribution is -0.274. The number of amides is 1. The van der Waals surface area contributed by atoms with E-state index < -0.39 is 29.5 Å². The highest BCUT2D eigenvalue weighted by Crippen LogP contribution is 2.41. The first-order chi connectivity index (χ1) is 15.7. The molecule has 1 atom stereocenters. The van der Waals surface area contributed by atoms with Crippen molar-refractivity contribution in [1.82, 2.24) is 15.3 Å². The van der Waals surface area contributed by atoms with E-state index in [2.05, 4.69) is 20.0 Å². The van der Waals surface area contributed by atoms with Crippen LogP contribution in [-0.4, -0.2) is 39.9 Å². The average Bonchev–Trinajstić information content (AvgIpc) is 2.78. The molecule has 1 aliphatic rings. The van der Waals surface area contributed by atoms with Gasteiger partial charge in [-0.1, -0.05) is 12.1 Å². The number of aromatic carboxylic acids is 1. The molecule has 1 amide bonds. The van der Waals surface area contributed by atoms with Crippen LogP contribution in [0.3, 0.4) is 0 Å². The molecule has 0 unspecified atom stereocenters. The molecule has 0 saturated heterocycles. The summed E-state index contributed by atoms with van der Waals surface area (Å²) in [6.45, 7) is 0.200. The van der Waals surface area contributed by atoms with Gasteiger partial charge in [0, 0.05) is 18.8 Å². The Hall–Kier alpha value is -4.15. The Morgan fingerprint density at radius 2 is 1.85 bits per heavy atom. The van der Waals surface area contributed by atoms with E-state index in [0.717, 1.165) is 18.3 Å². The smallest absolute Gasteiger partial charge is 0.491 e. The Morgan fingerprint density at radius 3 is 2.48 bits per heavy atom. The maximum atomic E-state index is 13.1. The largest absolute Gasteiger partial charge is 0.573 e. The van der Waals surface area contributed by atoms with E-state index in [9.17, 15) is 22.8 Å². The Bertz CT molecular complexity index is 1180. The van der Waals surface area contributed by atoms with Gasteiger partial charge in [0.15, 0.2) is 0 Å². The van der Waals surface area contributed by atoms with E-state index in [1.807, 2.05) is 0 Å². The number of nitrogens with zero attached hydrogens (tertiary/aromatic N) is 2. The van der Waals surface area contributed by atoms with Crippen molar-refractivity contribution in [3.05, 3.63) is 83.4 Å². The molecule has 1 aliphatic heterocycles. The van der Waals surface area contributed by atoms with Gasteiger partial charge in [-0.3, -0.25) is 14.8 Å². The maximum Gasteiger partial charge on any atom is 0.573 e. The van der Waals surface area contributed by atoms with E-state index in [0.29, 0.717) is 17.0 Å². The van der Waals surface area contributed by atoms with Crippen LogP contribution in [0.25, 0.3) is 0 Å².